The number of hydrogen-bond acceptors (Lipinski definition) is 2. The molecule has 0 aliphatic carbocycles. The Balaban J connectivity index is 1.54. The molecule has 0 saturated carbocycles. The van der Waals surface area contributed by atoms with Crippen molar-refractivity contribution >= 4 is 40.8 Å². The second kappa shape index (κ2) is 8.11. The van der Waals surface area contributed by atoms with E-state index in [2.05, 4.69) is 17.4 Å². The summed E-state index contributed by atoms with van der Waals surface area (Å²) < 4.78 is 1.52. The molecule has 0 unspecified atom stereocenters. The molecule has 3 aromatic carbocycles. The van der Waals surface area contributed by atoms with E-state index in [0.29, 0.717) is 21.8 Å². The highest BCUT2D eigenvalue weighted by molar-refractivity contribution is 6.38. The Labute approximate surface area is 195 Å². The zero-order chi connectivity index (χ0) is 23.1. The molecule has 0 bridgehead atoms. The van der Waals surface area contributed by atoms with Crippen molar-refractivity contribution in [1.82, 2.24) is 4.57 Å². The summed E-state index contributed by atoms with van der Waals surface area (Å²) in [4.78, 5) is 24.0. The largest absolute Gasteiger partial charge is 0.477 e. The van der Waals surface area contributed by atoms with Gasteiger partial charge in [-0.1, -0.05) is 66.2 Å². The van der Waals surface area contributed by atoms with E-state index in [9.17, 15) is 14.7 Å². The van der Waals surface area contributed by atoms with Crippen molar-refractivity contribution < 1.29 is 14.7 Å². The van der Waals surface area contributed by atoms with Crippen molar-refractivity contribution in [2.45, 2.75) is 0 Å². The molecule has 6 heteroatoms. The van der Waals surface area contributed by atoms with Gasteiger partial charge in [0, 0.05) is 29.9 Å². The summed E-state index contributed by atoms with van der Waals surface area (Å²) in [5, 5.41) is 12.7. The number of anilines is 1. The van der Waals surface area contributed by atoms with Crippen LogP contribution in [0.1, 0.15) is 21.6 Å². The predicted molar refractivity (Wildman–Crippen MR) is 131 cm³/mol. The smallest absolute Gasteiger partial charge is 0.352 e. The molecule has 1 aliphatic heterocycles. The third-order valence-electron chi connectivity index (χ3n) is 5.75. The Kier molecular flexibility index (Phi) is 5.11. The van der Waals surface area contributed by atoms with Gasteiger partial charge in [0.1, 0.15) is 5.69 Å². The normalized spacial score (nSPS) is 13.8. The van der Waals surface area contributed by atoms with E-state index in [1.54, 1.807) is 31.5 Å². The number of aryl methyl sites for hydroxylation is 1. The molecule has 2 N–H and O–H groups in total. The number of halogens is 1. The molecule has 2 heterocycles. The molecule has 0 radical (unpaired) electrons. The number of carboxylic acids is 1. The van der Waals surface area contributed by atoms with Crippen molar-refractivity contribution in [2.24, 2.45) is 7.05 Å². The van der Waals surface area contributed by atoms with E-state index in [-0.39, 0.29) is 11.6 Å². The molecule has 5 nitrogen and oxygen atoms in total. The predicted octanol–water partition coefficient (Wildman–Crippen LogP) is 6.20. The summed E-state index contributed by atoms with van der Waals surface area (Å²) in [7, 11) is 1.66. The van der Waals surface area contributed by atoms with Crippen LogP contribution in [-0.2, 0) is 11.8 Å². The Hall–Kier alpha value is -4.09. The van der Waals surface area contributed by atoms with Gasteiger partial charge in [0.2, 0.25) is 0 Å². The van der Waals surface area contributed by atoms with Crippen LogP contribution in [-0.4, -0.2) is 21.6 Å². The maximum atomic E-state index is 12.7. The first-order chi connectivity index (χ1) is 15.9. The van der Waals surface area contributed by atoms with Crippen molar-refractivity contribution in [3.8, 4) is 22.3 Å². The third-order valence-corrected chi connectivity index (χ3v) is 6.06. The van der Waals surface area contributed by atoms with Crippen molar-refractivity contribution in [1.29, 1.82) is 0 Å². The molecular weight excluding hydrogens is 436 g/mol. The third kappa shape index (κ3) is 3.83. The van der Waals surface area contributed by atoms with Gasteiger partial charge >= 0.3 is 5.97 Å². The van der Waals surface area contributed by atoms with Crippen LogP contribution in [0.2, 0.25) is 5.02 Å². The van der Waals surface area contributed by atoms with E-state index < -0.39 is 5.97 Å². The minimum Gasteiger partial charge on any atom is -0.477 e. The fourth-order valence-corrected chi connectivity index (χ4v) is 4.37. The number of nitrogens with zero attached hydrogens (tertiary/aromatic N) is 1. The van der Waals surface area contributed by atoms with Crippen molar-refractivity contribution in [3.05, 3.63) is 101 Å². The maximum Gasteiger partial charge on any atom is 0.352 e. The molecule has 0 spiro atoms. The van der Waals surface area contributed by atoms with Crippen molar-refractivity contribution in [3.63, 3.8) is 0 Å². The first-order valence-electron chi connectivity index (χ1n) is 10.3. The minimum atomic E-state index is -1.02. The van der Waals surface area contributed by atoms with Crippen LogP contribution in [0.5, 0.6) is 0 Å². The number of amides is 1. The van der Waals surface area contributed by atoms with E-state index in [1.807, 2.05) is 48.5 Å². The van der Waals surface area contributed by atoms with Gasteiger partial charge in [-0.05, 0) is 46.5 Å². The number of carbonyl (C=O) groups excluding carboxylic acids is 1. The Morgan fingerprint density at radius 3 is 2.27 bits per heavy atom. The SMILES string of the molecule is Cn1cc(/C=C2\C(=O)Nc3cc(Cl)c(-c4ccc(-c5ccccc5)cc4)cc32)cc1C(=O)O. The molecule has 0 atom stereocenters. The average Bonchev–Trinajstić information content (AvgIpc) is 3.33. The van der Waals surface area contributed by atoms with Crippen LogP contribution in [0.3, 0.4) is 0 Å². The number of aromatic nitrogens is 1. The minimum absolute atomic E-state index is 0.149. The first-order valence-corrected chi connectivity index (χ1v) is 10.7. The maximum absolute atomic E-state index is 12.7. The molecule has 0 saturated heterocycles. The van der Waals surface area contributed by atoms with Crippen LogP contribution in [0.15, 0.2) is 79.0 Å². The number of carbonyl (C=O) groups is 2. The van der Waals surface area contributed by atoms with E-state index in [0.717, 1.165) is 27.8 Å². The van der Waals surface area contributed by atoms with E-state index in [1.165, 1.54) is 4.57 Å². The average molecular weight is 455 g/mol. The van der Waals surface area contributed by atoms with Crippen LogP contribution in [0.4, 0.5) is 5.69 Å². The first kappa shape index (κ1) is 20.8. The van der Waals surface area contributed by atoms with Crippen molar-refractivity contribution in [2.75, 3.05) is 5.32 Å². The van der Waals surface area contributed by atoms with Crippen LogP contribution >= 0.6 is 11.6 Å². The molecular formula is C27H19ClN2O3. The van der Waals surface area contributed by atoms with Gasteiger partial charge in [0.25, 0.3) is 5.91 Å². The Morgan fingerprint density at radius 2 is 1.61 bits per heavy atom. The van der Waals surface area contributed by atoms with Gasteiger partial charge < -0.3 is 15.0 Å². The van der Waals surface area contributed by atoms with Gasteiger partial charge in [0.05, 0.1) is 10.7 Å². The standard InChI is InChI=1S/C27H19ClN2O3/c1-30-15-16(12-25(30)27(32)33)11-22-21-13-20(23(28)14-24(21)29-26(22)31)19-9-7-18(8-10-19)17-5-3-2-4-6-17/h2-15H,1H3,(H,29,31)(H,32,33)/b22-11-. The lowest BCUT2D eigenvalue weighted by molar-refractivity contribution is -0.110. The summed E-state index contributed by atoms with van der Waals surface area (Å²) in [5.74, 6) is -1.27. The molecule has 1 aromatic heterocycles. The highest BCUT2D eigenvalue weighted by atomic mass is 35.5. The zero-order valence-corrected chi connectivity index (χ0v) is 18.4. The van der Waals surface area contributed by atoms with E-state index >= 15 is 0 Å². The lowest BCUT2D eigenvalue weighted by Crippen LogP contribution is -2.03. The highest BCUT2D eigenvalue weighted by Crippen LogP contribution is 2.40. The quantitative estimate of drug-likeness (QED) is 0.360. The van der Waals surface area contributed by atoms with E-state index in [4.69, 9.17) is 11.6 Å². The topological polar surface area (TPSA) is 71.3 Å². The van der Waals surface area contributed by atoms with Gasteiger partial charge in [-0.3, -0.25) is 4.79 Å². The number of nitrogens with one attached hydrogen (secondary N) is 1. The van der Waals surface area contributed by atoms with Gasteiger partial charge in [0.15, 0.2) is 0 Å². The number of rotatable bonds is 4. The van der Waals surface area contributed by atoms with Gasteiger partial charge in [-0.15, -0.1) is 0 Å². The lowest BCUT2D eigenvalue weighted by atomic mass is 9.96. The molecule has 1 amide bonds. The number of hydrogen-bond donors (Lipinski definition) is 2. The van der Waals surface area contributed by atoms with Crippen LogP contribution in [0, 0.1) is 0 Å². The Morgan fingerprint density at radius 1 is 0.939 bits per heavy atom. The number of fused-ring (bicyclic) bond motifs is 1. The molecule has 33 heavy (non-hydrogen) atoms. The fourth-order valence-electron chi connectivity index (χ4n) is 4.10. The lowest BCUT2D eigenvalue weighted by Gasteiger charge is -2.09. The summed E-state index contributed by atoms with van der Waals surface area (Å²) in [5.41, 5.74) is 6.60. The van der Waals surface area contributed by atoms with Gasteiger partial charge in [-0.25, -0.2) is 4.79 Å². The fraction of sp³-hybridized carbons (Fsp3) is 0.0370. The summed E-state index contributed by atoms with van der Waals surface area (Å²) in [6.07, 6.45) is 3.38. The van der Waals surface area contributed by atoms with Gasteiger partial charge in [-0.2, -0.15) is 0 Å². The zero-order valence-electron chi connectivity index (χ0n) is 17.7. The summed E-state index contributed by atoms with van der Waals surface area (Å²) in [6.45, 7) is 0. The van der Waals surface area contributed by atoms with Crippen LogP contribution in [0.25, 0.3) is 33.9 Å². The Bertz CT molecular complexity index is 1430. The molecule has 5 rings (SSSR count). The molecule has 0 fully saturated rings. The molecule has 1 aliphatic rings. The second-order valence-corrected chi connectivity index (χ2v) is 8.32. The number of carboxylic acid groups (broad SMARTS) is 1. The summed E-state index contributed by atoms with van der Waals surface area (Å²) in [6, 6.07) is 23.4. The number of benzene rings is 3. The second-order valence-electron chi connectivity index (χ2n) is 7.91. The monoisotopic (exact) mass is 454 g/mol. The number of aromatic carboxylic acids is 1. The molecule has 4 aromatic rings. The van der Waals surface area contributed by atoms with Crippen LogP contribution < -0.4 is 5.32 Å². The highest BCUT2D eigenvalue weighted by Gasteiger charge is 2.26. The molecule has 162 valence electrons. The summed E-state index contributed by atoms with van der Waals surface area (Å²) >= 11 is 6.57.